The minimum atomic E-state index is 0.635. The van der Waals surface area contributed by atoms with Gasteiger partial charge in [0.1, 0.15) is 0 Å². The van der Waals surface area contributed by atoms with Crippen molar-refractivity contribution in [3.8, 4) is 0 Å². The molecule has 0 saturated carbocycles. The van der Waals surface area contributed by atoms with Gasteiger partial charge in [-0.05, 0) is 32.2 Å². The Balaban J connectivity index is 2.10. The van der Waals surface area contributed by atoms with E-state index in [1.54, 1.807) is 11.3 Å². The maximum Gasteiger partial charge on any atom is 0.182 e. The van der Waals surface area contributed by atoms with Gasteiger partial charge in [-0.1, -0.05) is 6.92 Å². The lowest BCUT2D eigenvalue weighted by molar-refractivity contribution is 0.454. The van der Waals surface area contributed by atoms with Crippen LogP contribution in [0.15, 0.2) is 0 Å². The number of hydrogen-bond donors (Lipinski definition) is 2. The Morgan fingerprint density at radius 3 is 3.13 bits per heavy atom. The summed E-state index contributed by atoms with van der Waals surface area (Å²) in [5, 5.41) is 11.4. The highest BCUT2D eigenvalue weighted by atomic mass is 32.1. The van der Waals surface area contributed by atoms with Crippen molar-refractivity contribution in [1.29, 1.82) is 5.41 Å². The van der Waals surface area contributed by atoms with Crippen molar-refractivity contribution in [3.63, 3.8) is 0 Å². The SMILES string of the molecule is CCCN[C@H]1CCc2c(sc(=N)n2C)C1. The second-order valence-electron chi connectivity index (χ2n) is 4.23. The lowest BCUT2D eigenvalue weighted by Crippen LogP contribution is -2.35. The summed E-state index contributed by atoms with van der Waals surface area (Å²) in [7, 11) is 2.01. The Labute approximate surface area is 94.7 Å². The van der Waals surface area contributed by atoms with Crippen LogP contribution in [0.5, 0.6) is 0 Å². The summed E-state index contributed by atoms with van der Waals surface area (Å²) in [5.41, 5.74) is 1.39. The standard InChI is InChI=1S/C11H19N3S/c1-3-6-13-8-4-5-9-10(7-8)15-11(12)14(9)2/h8,12-13H,3-7H2,1-2H3/t8-/m0/s1. The molecule has 0 amide bonds. The van der Waals surface area contributed by atoms with E-state index >= 15 is 0 Å². The molecular formula is C11H19N3S. The van der Waals surface area contributed by atoms with Gasteiger partial charge in [0.05, 0.1) is 0 Å². The Hall–Kier alpha value is -0.610. The molecule has 4 heteroatoms. The van der Waals surface area contributed by atoms with Crippen molar-refractivity contribution < 1.29 is 0 Å². The first kappa shape index (κ1) is 10.9. The largest absolute Gasteiger partial charge is 0.324 e. The van der Waals surface area contributed by atoms with E-state index in [4.69, 9.17) is 5.41 Å². The average molecular weight is 225 g/mol. The van der Waals surface area contributed by atoms with Crippen LogP contribution in [0.25, 0.3) is 0 Å². The molecule has 0 bridgehead atoms. The molecule has 1 aromatic heterocycles. The summed E-state index contributed by atoms with van der Waals surface area (Å²) in [6, 6.07) is 0.635. The number of nitrogens with zero attached hydrogens (tertiary/aromatic N) is 1. The molecule has 1 aromatic rings. The summed E-state index contributed by atoms with van der Waals surface area (Å²) < 4.78 is 2.04. The molecule has 0 radical (unpaired) electrons. The molecule has 0 spiro atoms. The Morgan fingerprint density at radius 1 is 1.60 bits per heavy atom. The third kappa shape index (κ3) is 2.16. The normalized spacial score (nSPS) is 20.3. The van der Waals surface area contributed by atoms with E-state index in [1.165, 1.54) is 23.4 Å². The Kier molecular flexibility index (Phi) is 3.26. The highest BCUT2D eigenvalue weighted by Gasteiger charge is 2.21. The number of rotatable bonds is 3. The summed E-state index contributed by atoms with van der Waals surface area (Å²) in [6.45, 7) is 3.32. The number of nitrogens with one attached hydrogen (secondary N) is 2. The van der Waals surface area contributed by atoms with Crippen LogP contribution < -0.4 is 10.1 Å². The van der Waals surface area contributed by atoms with Crippen molar-refractivity contribution in [2.75, 3.05) is 6.54 Å². The van der Waals surface area contributed by atoms with Gasteiger partial charge in [0.25, 0.3) is 0 Å². The van der Waals surface area contributed by atoms with E-state index in [9.17, 15) is 0 Å². The molecule has 0 fully saturated rings. The maximum absolute atomic E-state index is 7.78. The molecule has 0 saturated heterocycles. The minimum Gasteiger partial charge on any atom is -0.324 e. The van der Waals surface area contributed by atoms with Gasteiger partial charge >= 0.3 is 0 Å². The van der Waals surface area contributed by atoms with Crippen LogP contribution in [0.3, 0.4) is 0 Å². The van der Waals surface area contributed by atoms with E-state index < -0.39 is 0 Å². The molecule has 1 aliphatic rings. The van der Waals surface area contributed by atoms with Crippen LogP contribution in [-0.4, -0.2) is 17.2 Å². The van der Waals surface area contributed by atoms with Crippen molar-refractivity contribution in [1.82, 2.24) is 9.88 Å². The third-order valence-electron chi connectivity index (χ3n) is 3.10. The predicted octanol–water partition coefficient (Wildman–Crippen LogP) is 1.42. The second-order valence-corrected chi connectivity index (χ2v) is 5.31. The maximum atomic E-state index is 7.78. The lowest BCUT2D eigenvalue weighted by Gasteiger charge is -2.23. The molecule has 0 aromatic carbocycles. The number of aromatic nitrogens is 1. The van der Waals surface area contributed by atoms with Gasteiger partial charge in [-0.3, -0.25) is 5.41 Å². The highest BCUT2D eigenvalue weighted by Crippen LogP contribution is 2.23. The zero-order valence-electron chi connectivity index (χ0n) is 9.47. The second kappa shape index (κ2) is 4.49. The van der Waals surface area contributed by atoms with E-state index in [0.29, 0.717) is 10.8 Å². The van der Waals surface area contributed by atoms with Gasteiger partial charge in [-0.2, -0.15) is 0 Å². The zero-order valence-corrected chi connectivity index (χ0v) is 10.3. The molecule has 0 aliphatic heterocycles. The van der Waals surface area contributed by atoms with E-state index in [-0.39, 0.29) is 0 Å². The van der Waals surface area contributed by atoms with E-state index in [1.807, 2.05) is 11.6 Å². The van der Waals surface area contributed by atoms with Crippen LogP contribution in [0.2, 0.25) is 0 Å². The predicted molar refractivity (Wildman–Crippen MR) is 63.3 cm³/mol. The number of hydrogen-bond acceptors (Lipinski definition) is 3. The Morgan fingerprint density at radius 2 is 2.40 bits per heavy atom. The van der Waals surface area contributed by atoms with Gasteiger partial charge in [-0.25, -0.2) is 0 Å². The first-order chi connectivity index (χ1) is 7.22. The molecule has 3 nitrogen and oxygen atoms in total. The van der Waals surface area contributed by atoms with Gasteiger partial charge in [0.15, 0.2) is 4.80 Å². The summed E-state index contributed by atoms with van der Waals surface area (Å²) in [5.74, 6) is 0. The number of thiazole rings is 1. The zero-order chi connectivity index (χ0) is 10.8. The van der Waals surface area contributed by atoms with Crippen LogP contribution >= 0.6 is 11.3 Å². The van der Waals surface area contributed by atoms with E-state index in [2.05, 4.69) is 12.2 Å². The smallest absolute Gasteiger partial charge is 0.182 e. The topological polar surface area (TPSA) is 40.8 Å². The number of fused-ring (bicyclic) bond motifs is 1. The molecule has 84 valence electrons. The summed E-state index contributed by atoms with van der Waals surface area (Å²) >= 11 is 1.64. The van der Waals surface area contributed by atoms with Crippen molar-refractivity contribution in [2.45, 2.75) is 38.6 Å². The van der Waals surface area contributed by atoms with Crippen molar-refractivity contribution in [3.05, 3.63) is 15.4 Å². The van der Waals surface area contributed by atoms with Crippen LogP contribution in [0.1, 0.15) is 30.3 Å². The molecule has 1 aliphatic carbocycles. The molecule has 2 rings (SSSR count). The monoisotopic (exact) mass is 225 g/mol. The van der Waals surface area contributed by atoms with Crippen LogP contribution in [-0.2, 0) is 19.9 Å². The molecule has 15 heavy (non-hydrogen) atoms. The highest BCUT2D eigenvalue weighted by molar-refractivity contribution is 7.09. The third-order valence-corrected chi connectivity index (χ3v) is 4.21. The van der Waals surface area contributed by atoms with Crippen LogP contribution in [0.4, 0.5) is 0 Å². The first-order valence-electron chi connectivity index (χ1n) is 5.68. The fourth-order valence-electron chi connectivity index (χ4n) is 2.18. The molecule has 2 N–H and O–H groups in total. The molecule has 1 atom stereocenters. The summed E-state index contributed by atoms with van der Waals surface area (Å²) in [4.78, 5) is 2.11. The van der Waals surface area contributed by atoms with Gasteiger partial charge in [0.2, 0.25) is 0 Å². The Bertz CT molecular complexity index is 391. The van der Waals surface area contributed by atoms with Gasteiger partial charge in [0, 0.05) is 23.7 Å². The quantitative estimate of drug-likeness (QED) is 0.802. The van der Waals surface area contributed by atoms with Gasteiger partial charge in [-0.15, -0.1) is 11.3 Å². The lowest BCUT2D eigenvalue weighted by atomic mass is 9.97. The van der Waals surface area contributed by atoms with Gasteiger partial charge < -0.3 is 9.88 Å². The fraction of sp³-hybridized carbons (Fsp3) is 0.727. The fourth-order valence-corrected chi connectivity index (χ4v) is 3.30. The summed E-state index contributed by atoms with van der Waals surface area (Å²) in [6.07, 6.45) is 4.66. The van der Waals surface area contributed by atoms with Crippen molar-refractivity contribution >= 4 is 11.3 Å². The van der Waals surface area contributed by atoms with Crippen molar-refractivity contribution in [2.24, 2.45) is 7.05 Å². The molecule has 0 unspecified atom stereocenters. The minimum absolute atomic E-state index is 0.635. The van der Waals surface area contributed by atoms with Crippen LogP contribution in [0, 0.1) is 5.41 Å². The first-order valence-corrected chi connectivity index (χ1v) is 6.49. The average Bonchev–Trinajstić information content (AvgIpc) is 2.52. The molecule has 1 heterocycles. The molecular weight excluding hydrogens is 206 g/mol. The van der Waals surface area contributed by atoms with E-state index in [0.717, 1.165) is 19.4 Å².